The van der Waals surface area contributed by atoms with Gasteiger partial charge in [-0.15, -0.1) is 0 Å². The Balaban J connectivity index is 2.23. The average molecular weight is 252 g/mol. The summed E-state index contributed by atoms with van der Waals surface area (Å²) in [6, 6.07) is 1.42. The first-order valence-electron chi connectivity index (χ1n) is 7.92. The largest absolute Gasteiger partial charge is 0.311 e. The molecule has 106 valence electrons. The highest BCUT2D eigenvalue weighted by Gasteiger charge is 2.22. The molecule has 0 saturated carbocycles. The molecule has 0 aromatic carbocycles. The van der Waals surface area contributed by atoms with Gasteiger partial charge in [-0.3, -0.25) is 4.90 Å². The van der Waals surface area contributed by atoms with Gasteiger partial charge in [-0.1, -0.05) is 44.8 Å². The molecule has 0 aliphatic carbocycles. The van der Waals surface area contributed by atoms with Crippen LogP contribution in [0.15, 0.2) is 0 Å². The van der Waals surface area contributed by atoms with E-state index < -0.39 is 0 Å². The molecule has 1 aliphatic heterocycles. The molecule has 0 spiro atoms. The lowest BCUT2D eigenvalue weighted by atomic mass is 9.64. The van der Waals surface area contributed by atoms with Crippen LogP contribution in [0.2, 0.25) is 5.31 Å². The Morgan fingerprint density at radius 3 is 2.72 bits per heavy atom. The van der Waals surface area contributed by atoms with Crippen LogP contribution in [0.1, 0.15) is 59.8 Å². The molecule has 0 bridgehead atoms. The molecule has 0 aromatic heterocycles. The minimum absolute atomic E-state index is 0.543. The maximum Gasteiger partial charge on any atom is 0.109 e. The topological polar surface area (TPSA) is 15.3 Å². The second-order valence-electron chi connectivity index (χ2n) is 7.05. The van der Waals surface area contributed by atoms with Crippen molar-refractivity contribution in [3.8, 4) is 0 Å². The van der Waals surface area contributed by atoms with E-state index in [1.54, 1.807) is 0 Å². The summed E-state index contributed by atoms with van der Waals surface area (Å²) in [5, 5.41) is 4.22. The Morgan fingerprint density at radius 1 is 1.39 bits per heavy atom. The molecule has 2 unspecified atom stereocenters. The van der Waals surface area contributed by atoms with E-state index in [-0.39, 0.29) is 0 Å². The summed E-state index contributed by atoms with van der Waals surface area (Å²) >= 11 is 0. The fourth-order valence-corrected chi connectivity index (χ4v) is 3.14. The second kappa shape index (κ2) is 7.54. The summed E-state index contributed by atoms with van der Waals surface area (Å²) in [7, 11) is 2.42. The highest BCUT2D eigenvalue weighted by atomic mass is 15.2. The van der Waals surface area contributed by atoms with Gasteiger partial charge in [0.2, 0.25) is 0 Å². The van der Waals surface area contributed by atoms with Crippen LogP contribution in [0.3, 0.4) is 0 Å². The zero-order valence-corrected chi connectivity index (χ0v) is 13.3. The molecule has 3 heteroatoms. The number of nitrogens with zero attached hydrogens (tertiary/aromatic N) is 1. The van der Waals surface area contributed by atoms with Crippen LogP contribution in [0.5, 0.6) is 0 Å². The van der Waals surface area contributed by atoms with E-state index in [2.05, 4.69) is 45.8 Å². The van der Waals surface area contributed by atoms with E-state index in [9.17, 15) is 0 Å². The molecule has 2 nitrogen and oxygen atoms in total. The number of hydrogen-bond donors (Lipinski definition) is 1. The van der Waals surface area contributed by atoms with Crippen molar-refractivity contribution in [2.24, 2.45) is 0 Å². The minimum atomic E-state index is 0.543. The molecule has 1 N–H and O–H groups in total. The first-order chi connectivity index (χ1) is 8.44. The fourth-order valence-electron chi connectivity index (χ4n) is 3.14. The van der Waals surface area contributed by atoms with Gasteiger partial charge in [0.15, 0.2) is 0 Å². The van der Waals surface area contributed by atoms with Crippen molar-refractivity contribution in [2.75, 3.05) is 19.6 Å². The lowest BCUT2D eigenvalue weighted by Crippen LogP contribution is -2.52. The lowest BCUT2D eigenvalue weighted by molar-refractivity contribution is 0.156. The van der Waals surface area contributed by atoms with Gasteiger partial charge in [-0.05, 0) is 20.3 Å². The van der Waals surface area contributed by atoms with Crippen LogP contribution in [0, 0.1) is 0 Å². The van der Waals surface area contributed by atoms with Crippen molar-refractivity contribution in [1.82, 2.24) is 10.2 Å². The van der Waals surface area contributed by atoms with Crippen LogP contribution in [-0.4, -0.2) is 44.5 Å². The molecule has 0 aromatic rings. The fraction of sp³-hybridized carbons (Fsp3) is 1.00. The zero-order chi connectivity index (χ0) is 13.6. The van der Waals surface area contributed by atoms with E-state index in [0.717, 1.165) is 6.04 Å². The molecule has 1 aliphatic rings. The summed E-state index contributed by atoms with van der Waals surface area (Å²) in [5.74, 6) is 0. The lowest BCUT2D eigenvalue weighted by Gasteiger charge is -2.36. The van der Waals surface area contributed by atoms with E-state index in [1.165, 1.54) is 51.7 Å². The molecule has 1 heterocycles. The number of piperazine rings is 1. The van der Waals surface area contributed by atoms with Gasteiger partial charge in [-0.25, -0.2) is 0 Å². The summed E-state index contributed by atoms with van der Waals surface area (Å²) in [6.45, 7) is 13.0. The van der Waals surface area contributed by atoms with Gasteiger partial charge in [0.1, 0.15) is 7.85 Å². The Kier molecular flexibility index (Phi) is 6.72. The highest BCUT2D eigenvalue weighted by Crippen LogP contribution is 2.33. The van der Waals surface area contributed by atoms with Crippen molar-refractivity contribution in [3.63, 3.8) is 0 Å². The third-order valence-corrected chi connectivity index (χ3v) is 4.35. The third-order valence-electron chi connectivity index (χ3n) is 4.35. The van der Waals surface area contributed by atoms with Gasteiger partial charge < -0.3 is 5.32 Å². The number of rotatable bonds is 7. The zero-order valence-electron chi connectivity index (χ0n) is 13.3. The van der Waals surface area contributed by atoms with Crippen molar-refractivity contribution in [2.45, 2.75) is 77.2 Å². The van der Waals surface area contributed by atoms with Crippen LogP contribution in [0.4, 0.5) is 0 Å². The monoisotopic (exact) mass is 252 g/mol. The van der Waals surface area contributed by atoms with Crippen molar-refractivity contribution in [1.29, 1.82) is 0 Å². The van der Waals surface area contributed by atoms with Gasteiger partial charge >= 0.3 is 0 Å². The van der Waals surface area contributed by atoms with Gasteiger partial charge in [-0.2, -0.15) is 0 Å². The van der Waals surface area contributed by atoms with Crippen LogP contribution >= 0.6 is 0 Å². The number of nitrogens with one attached hydrogen (secondary N) is 1. The molecular weight excluding hydrogens is 219 g/mol. The van der Waals surface area contributed by atoms with Gasteiger partial charge in [0.25, 0.3) is 0 Å². The molecule has 0 radical (unpaired) electrons. The average Bonchev–Trinajstić information content (AvgIpc) is 2.29. The van der Waals surface area contributed by atoms with E-state index in [4.69, 9.17) is 0 Å². The predicted octanol–water partition coefficient (Wildman–Crippen LogP) is 2.45. The molecular formula is C15H33BN2. The van der Waals surface area contributed by atoms with Crippen LogP contribution < -0.4 is 5.32 Å². The smallest absolute Gasteiger partial charge is 0.109 e. The summed E-state index contributed by atoms with van der Waals surface area (Å²) < 4.78 is 0. The maximum absolute atomic E-state index is 3.68. The summed E-state index contributed by atoms with van der Waals surface area (Å²) in [6.07, 6.45) is 6.77. The van der Waals surface area contributed by atoms with Crippen LogP contribution in [-0.2, 0) is 0 Å². The van der Waals surface area contributed by atoms with Crippen molar-refractivity contribution in [3.05, 3.63) is 0 Å². The number of hydrogen-bond acceptors (Lipinski definition) is 2. The third kappa shape index (κ3) is 5.75. The Bertz CT molecular complexity index is 229. The summed E-state index contributed by atoms with van der Waals surface area (Å²) in [5.41, 5.74) is 0. The van der Waals surface area contributed by atoms with Crippen molar-refractivity contribution < 1.29 is 0 Å². The molecule has 1 rings (SSSR count). The minimum Gasteiger partial charge on any atom is -0.311 e. The van der Waals surface area contributed by atoms with Gasteiger partial charge in [0.05, 0.1) is 0 Å². The Hall–Kier alpha value is -0.0151. The first-order valence-corrected chi connectivity index (χ1v) is 7.92. The van der Waals surface area contributed by atoms with Gasteiger partial charge in [0, 0.05) is 31.7 Å². The molecule has 1 saturated heterocycles. The molecule has 1 fully saturated rings. The quantitative estimate of drug-likeness (QED) is 0.700. The van der Waals surface area contributed by atoms with E-state index in [0.29, 0.717) is 11.4 Å². The normalized spacial score (nSPS) is 25.3. The molecule has 0 amide bonds. The first kappa shape index (κ1) is 16.0. The molecule has 18 heavy (non-hydrogen) atoms. The highest BCUT2D eigenvalue weighted by molar-refractivity contribution is 6.14. The SMILES string of the molecule is BC(C)(CCC)CCCC1CN(C(C)C)CCN1. The van der Waals surface area contributed by atoms with E-state index in [1.807, 2.05) is 0 Å². The Labute approximate surface area is 115 Å². The van der Waals surface area contributed by atoms with E-state index >= 15 is 0 Å². The Morgan fingerprint density at radius 2 is 2.11 bits per heavy atom. The maximum atomic E-state index is 3.68. The molecule has 2 atom stereocenters. The standard InChI is InChI=1S/C15H33BN2/c1-5-8-15(4,16)9-6-7-14-12-18(13(2)3)11-10-17-14/h13-14,17H,5-12,16H2,1-4H3. The second-order valence-corrected chi connectivity index (χ2v) is 7.05. The van der Waals surface area contributed by atoms with Crippen molar-refractivity contribution >= 4 is 7.85 Å². The predicted molar refractivity (Wildman–Crippen MR) is 84.2 cm³/mol. The summed E-state index contributed by atoms with van der Waals surface area (Å²) in [4.78, 5) is 2.61. The van der Waals surface area contributed by atoms with Crippen LogP contribution in [0.25, 0.3) is 0 Å².